The lowest BCUT2D eigenvalue weighted by Gasteiger charge is -2.42. The van der Waals surface area contributed by atoms with Gasteiger partial charge in [-0.1, -0.05) is 19.1 Å². The molecule has 1 heterocycles. The van der Waals surface area contributed by atoms with Crippen LogP contribution in [-0.4, -0.2) is 36.2 Å². The maximum absolute atomic E-state index is 10.8. The fourth-order valence-corrected chi connectivity index (χ4v) is 2.45. The average molecular weight is 249 g/mol. The SMILES string of the molecule is CCC(c1ccc(OC)cc1)N1CC(C(=O)O)C1. The van der Waals surface area contributed by atoms with Crippen molar-refractivity contribution in [2.75, 3.05) is 20.2 Å². The number of nitrogens with zero attached hydrogens (tertiary/aromatic N) is 1. The fourth-order valence-electron chi connectivity index (χ4n) is 2.45. The number of benzene rings is 1. The summed E-state index contributed by atoms with van der Waals surface area (Å²) in [5.41, 5.74) is 1.22. The van der Waals surface area contributed by atoms with E-state index in [4.69, 9.17) is 9.84 Å². The summed E-state index contributed by atoms with van der Waals surface area (Å²) in [6, 6.07) is 8.33. The van der Waals surface area contributed by atoms with Crippen molar-refractivity contribution < 1.29 is 14.6 Å². The van der Waals surface area contributed by atoms with E-state index in [2.05, 4.69) is 24.0 Å². The summed E-state index contributed by atoms with van der Waals surface area (Å²) in [6.45, 7) is 3.43. The summed E-state index contributed by atoms with van der Waals surface area (Å²) in [6.07, 6.45) is 0.985. The lowest BCUT2D eigenvalue weighted by molar-refractivity contribution is -0.148. The highest BCUT2D eigenvalue weighted by molar-refractivity contribution is 5.71. The third kappa shape index (κ3) is 2.48. The van der Waals surface area contributed by atoms with Gasteiger partial charge in [0, 0.05) is 19.1 Å². The molecule has 1 aromatic rings. The van der Waals surface area contributed by atoms with Crippen LogP contribution in [0, 0.1) is 5.92 Å². The molecule has 4 heteroatoms. The Kier molecular flexibility index (Phi) is 3.87. The molecule has 1 saturated heterocycles. The molecule has 98 valence electrons. The van der Waals surface area contributed by atoms with E-state index in [0.29, 0.717) is 19.1 Å². The highest BCUT2D eigenvalue weighted by atomic mass is 16.5. The van der Waals surface area contributed by atoms with Gasteiger partial charge in [0.25, 0.3) is 0 Å². The molecule has 0 amide bonds. The molecule has 0 aliphatic carbocycles. The van der Waals surface area contributed by atoms with Crippen LogP contribution in [0.3, 0.4) is 0 Å². The molecule has 1 atom stereocenters. The minimum atomic E-state index is -0.684. The quantitative estimate of drug-likeness (QED) is 0.868. The second-order valence-electron chi connectivity index (χ2n) is 4.69. The van der Waals surface area contributed by atoms with Crippen molar-refractivity contribution in [3.63, 3.8) is 0 Å². The molecule has 1 fully saturated rings. The Morgan fingerprint density at radius 2 is 2.06 bits per heavy atom. The van der Waals surface area contributed by atoms with Gasteiger partial charge < -0.3 is 9.84 Å². The molecule has 0 bridgehead atoms. The Labute approximate surface area is 107 Å². The lowest BCUT2D eigenvalue weighted by Crippen LogP contribution is -2.51. The first-order valence-corrected chi connectivity index (χ1v) is 6.26. The van der Waals surface area contributed by atoms with Crippen molar-refractivity contribution in [1.29, 1.82) is 0 Å². The number of carbonyl (C=O) groups is 1. The van der Waals surface area contributed by atoms with E-state index in [1.165, 1.54) is 5.56 Å². The largest absolute Gasteiger partial charge is 0.497 e. The van der Waals surface area contributed by atoms with Gasteiger partial charge >= 0.3 is 5.97 Å². The van der Waals surface area contributed by atoms with Crippen LogP contribution in [-0.2, 0) is 4.79 Å². The number of hydrogen-bond donors (Lipinski definition) is 1. The molecule has 0 radical (unpaired) electrons. The molecule has 1 unspecified atom stereocenters. The number of likely N-dealkylation sites (tertiary alicyclic amines) is 1. The second kappa shape index (κ2) is 5.40. The average Bonchev–Trinajstić information content (AvgIpc) is 2.32. The lowest BCUT2D eigenvalue weighted by atomic mass is 9.93. The van der Waals surface area contributed by atoms with Crippen molar-refractivity contribution in [3.8, 4) is 5.75 Å². The summed E-state index contributed by atoms with van der Waals surface area (Å²) in [4.78, 5) is 13.0. The standard InChI is InChI=1S/C14H19NO3/c1-3-13(15-8-11(9-15)14(16)17)10-4-6-12(18-2)7-5-10/h4-7,11,13H,3,8-9H2,1-2H3,(H,16,17). The van der Waals surface area contributed by atoms with Crippen LogP contribution in [0.1, 0.15) is 24.9 Å². The zero-order valence-corrected chi connectivity index (χ0v) is 10.8. The third-order valence-electron chi connectivity index (χ3n) is 3.59. The molecular weight excluding hydrogens is 230 g/mol. The number of aliphatic carboxylic acids is 1. The minimum absolute atomic E-state index is 0.197. The number of carboxylic acid groups (broad SMARTS) is 1. The third-order valence-corrected chi connectivity index (χ3v) is 3.59. The highest BCUT2D eigenvalue weighted by Gasteiger charge is 2.36. The molecule has 1 aliphatic rings. The molecule has 1 N–H and O–H groups in total. The first kappa shape index (κ1) is 12.9. The van der Waals surface area contributed by atoms with E-state index in [1.54, 1.807) is 7.11 Å². The second-order valence-corrected chi connectivity index (χ2v) is 4.69. The van der Waals surface area contributed by atoms with Crippen LogP contribution in [0.2, 0.25) is 0 Å². The summed E-state index contributed by atoms with van der Waals surface area (Å²) >= 11 is 0. The van der Waals surface area contributed by atoms with Crippen molar-refractivity contribution in [1.82, 2.24) is 4.90 Å². The maximum atomic E-state index is 10.8. The summed E-state index contributed by atoms with van der Waals surface area (Å²) in [7, 11) is 1.65. The summed E-state index contributed by atoms with van der Waals surface area (Å²) < 4.78 is 5.14. The smallest absolute Gasteiger partial charge is 0.309 e. The minimum Gasteiger partial charge on any atom is -0.497 e. The van der Waals surface area contributed by atoms with E-state index in [9.17, 15) is 4.79 Å². The van der Waals surface area contributed by atoms with Gasteiger partial charge in [-0.15, -0.1) is 0 Å². The van der Waals surface area contributed by atoms with Crippen LogP contribution < -0.4 is 4.74 Å². The molecule has 0 saturated carbocycles. The van der Waals surface area contributed by atoms with Gasteiger partial charge in [0.1, 0.15) is 5.75 Å². The normalized spacial score (nSPS) is 18.1. The van der Waals surface area contributed by atoms with E-state index in [-0.39, 0.29) is 5.92 Å². The molecular formula is C14H19NO3. The Bertz CT molecular complexity index is 410. The van der Waals surface area contributed by atoms with E-state index < -0.39 is 5.97 Å². The first-order valence-electron chi connectivity index (χ1n) is 6.26. The van der Waals surface area contributed by atoms with Gasteiger partial charge in [-0.2, -0.15) is 0 Å². The van der Waals surface area contributed by atoms with Crippen LogP contribution >= 0.6 is 0 Å². The van der Waals surface area contributed by atoms with E-state index in [1.807, 2.05) is 12.1 Å². The Balaban J connectivity index is 2.03. The van der Waals surface area contributed by atoms with Crippen LogP contribution in [0.25, 0.3) is 0 Å². The van der Waals surface area contributed by atoms with Gasteiger partial charge in [0.05, 0.1) is 13.0 Å². The van der Waals surface area contributed by atoms with Gasteiger partial charge in [-0.3, -0.25) is 9.69 Å². The number of methoxy groups -OCH3 is 1. The molecule has 4 nitrogen and oxygen atoms in total. The van der Waals surface area contributed by atoms with Crippen molar-refractivity contribution in [2.45, 2.75) is 19.4 Å². The number of carboxylic acids is 1. The monoisotopic (exact) mass is 249 g/mol. The molecule has 1 aliphatic heterocycles. The maximum Gasteiger partial charge on any atom is 0.309 e. The Hall–Kier alpha value is -1.55. The Morgan fingerprint density at radius 3 is 2.50 bits per heavy atom. The van der Waals surface area contributed by atoms with Gasteiger partial charge in [0.2, 0.25) is 0 Å². The Morgan fingerprint density at radius 1 is 1.44 bits per heavy atom. The van der Waals surface area contributed by atoms with E-state index in [0.717, 1.165) is 12.2 Å². The first-order chi connectivity index (χ1) is 8.65. The number of ether oxygens (including phenoxy) is 1. The predicted octanol–water partition coefficient (Wildman–Crippen LogP) is 2.16. The molecule has 0 spiro atoms. The van der Waals surface area contributed by atoms with Crippen LogP contribution in [0.4, 0.5) is 0 Å². The predicted molar refractivity (Wildman–Crippen MR) is 68.7 cm³/mol. The van der Waals surface area contributed by atoms with Gasteiger partial charge in [0.15, 0.2) is 0 Å². The van der Waals surface area contributed by atoms with Crippen LogP contribution in [0.15, 0.2) is 24.3 Å². The number of rotatable bonds is 5. The van der Waals surface area contributed by atoms with Crippen molar-refractivity contribution >= 4 is 5.97 Å². The van der Waals surface area contributed by atoms with Crippen molar-refractivity contribution in [3.05, 3.63) is 29.8 Å². The number of hydrogen-bond acceptors (Lipinski definition) is 3. The van der Waals surface area contributed by atoms with E-state index >= 15 is 0 Å². The summed E-state index contributed by atoms with van der Waals surface area (Å²) in [5.74, 6) is -0.0336. The van der Waals surface area contributed by atoms with Crippen molar-refractivity contribution in [2.24, 2.45) is 5.92 Å². The topological polar surface area (TPSA) is 49.8 Å². The van der Waals surface area contributed by atoms with Crippen LogP contribution in [0.5, 0.6) is 5.75 Å². The van der Waals surface area contributed by atoms with Gasteiger partial charge in [-0.05, 0) is 24.1 Å². The molecule has 0 aromatic heterocycles. The molecule has 18 heavy (non-hydrogen) atoms. The molecule has 1 aromatic carbocycles. The highest BCUT2D eigenvalue weighted by Crippen LogP contribution is 2.31. The zero-order chi connectivity index (χ0) is 13.1. The fraction of sp³-hybridized carbons (Fsp3) is 0.500. The molecule has 2 rings (SSSR count). The summed E-state index contributed by atoms with van der Waals surface area (Å²) in [5, 5.41) is 8.90. The zero-order valence-electron chi connectivity index (χ0n) is 10.8. The van der Waals surface area contributed by atoms with Gasteiger partial charge in [-0.25, -0.2) is 0 Å².